The molecule has 0 saturated heterocycles. The van der Waals surface area contributed by atoms with E-state index in [0.29, 0.717) is 5.02 Å². The van der Waals surface area contributed by atoms with Crippen molar-refractivity contribution in [3.05, 3.63) is 47.0 Å². The molecular weight excluding hydrogens is 228 g/mol. The maximum atomic E-state index is 10.7. The Bertz CT molecular complexity index is 549. The van der Waals surface area contributed by atoms with Crippen molar-refractivity contribution in [1.29, 1.82) is 0 Å². The lowest BCUT2D eigenvalue weighted by atomic mass is 10.2. The van der Waals surface area contributed by atoms with Gasteiger partial charge in [0.1, 0.15) is 6.33 Å². The molecule has 0 aliphatic carbocycles. The van der Waals surface area contributed by atoms with Gasteiger partial charge in [-0.3, -0.25) is 0 Å². The maximum absolute atomic E-state index is 10.7. The number of carbonyl (C=O) groups is 1. The predicted molar refractivity (Wildman–Crippen MR) is 60.3 cm³/mol. The molecule has 2 rings (SSSR count). The molecule has 16 heavy (non-hydrogen) atoms. The second-order valence-electron chi connectivity index (χ2n) is 3.40. The van der Waals surface area contributed by atoms with Gasteiger partial charge in [-0.1, -0.05) is 11.6 Å². The second-order valence-corrected chi connectivity index (χ2v) is 3.81. The Morgan fingerprint density at radius 2 is 2.25 bits per heavy atom. The van der Waals surface area contributed by atoms with E-state index in [1.165, 1.54) is 12.5 Å². The van der Waals surface area contributed by atoms with Crippen LogP contribution in [0.4, 0.5) is 0 Å². The summed E-state index contributed by atoms with van der Waals surface area (Å²) in [6.45, 7) is 1.89. The van der Waals surface area contributed by atoms with E-state index in [1.54, 1.807) is 10.6 Å². The van der Waals surface area contributed by atoms with Gasteiger partial charge < -0.3 is 9.67 Å². The third-order valence-electron chi connectivity index (χ3n) is 2.24. The lowest BCUT2D eigenvalue weighted by molar-refractivity contribution is 0.0691. The molecule has 0 fully saturated rings. The van der Waals surface area contributed by atoms with Gasteiger partial charge in [0.05, 0.1) is 0 Å². The van der Waals surface area contributed by atoms with Crippen molar-refractivity contribution in [2.75, 3.05) is 0 Å². The Kier molecular flexibility index (Phi) is 2.66. The topological polar surface area (TPSA) is 55.1 Å². The second kappa shape index (κ2) is 3.98. The minimum absolute atomic E-state index is 0.0209. The summed E-state index contributed by atoms with van der Waals surface area (Å²) in [5.74, 6) is -1.04. The minimum atomic E-state index is -1.04. The highest BCUT2D eigenvalue weighted by Crippen LogP contribution is 2.19. The highest BCUT2D eigenvalue weighted by atomic mass is 35.5. The summed E-state index contributed by atoms with van der Waals surface area (Å²) in [5.41, 5.74) is 1.79. The van der Waals surface area contributed by atoms with Gasteiger partial charge in [-0.25, -0.2) is 9.78 Å². The molecule has 2 aromatic rings. The predicted octanol–water partition coefficient (Wildman–Crippen LogP) is 2.53. The molecule has 0 aliphatic rings. The molecule has 0 saturated carbocycles. The highest BCUT2D eigenvalue weighted by molar-refractivity contribution is 6.31. The van der Waals surface area contributed by atoms with Crippen molar-refractivity contribution in [2.45, 2.75) is 6.92 Å². The molecule has 82 valence electrons. The van der Waals surface area contributed by atoms with Gasteiger partial charge >= 0.3 is 5.97 Å². The summed E-state index contributed by atoms with van der Waals surface area (Å²) >= 11 is 5.90. The number of carboxylic acid groups (broad SMARTS) is 1. The van der Waals surface area contributed by atoms with Gasteiger partial charge in [-0.15, -0.1) is 0 Å². The van der Waals surface area contributed by atoms with E-state index >= 15 is 0 Å². The molecular formula is C11H9ClN2O2. The monoisotopic (exact) mass is 236 g/mol. The fraction of sp³-hybridized carbons (Fsp3) is 0.0909. The number of aromatic nitrogens is 2. The maximum Gasteiger partial charge on any atom is 0.356 e. The summed E-state index contributed by atoms with van der Waals surface area (Å²) in [6, 6.07) is 5.45. The van der Waals surface area contributed by atoms with Crippen LogP contribution in [0.1, 0.15) is 16.1 Å². The molecule has 1 heterocycles. The summed E-state index contributed by atoms with van der Waals surface area (Å²) < 4.78 is 1.65. The molecule has 0 amide bonds. The minimum Gasteiger partial charge on any atom is -0.476 e. The first-order valence-electron chi connectivity index (χ1n) is 4.62. The van der Waals surface area contributed by atoms with E-state index in [1.807, 2.05) is 19.1 Å². The van der Waals surface area contributed by atoms with Crippen LogP contribution in [0.2, 0.25) is 5.02 Å². The Morgan fingerprint density at radius 3 is 2.81 bits per heavy atom. The van der Waals surface area contributed by atoms with Crippen molar-refractivity contribution in [1.82, 2.24) is 9.55 Å². The lowest BCUT2D eigenvalue weighted by Crippen LogP contribution is -1.96. The van der Waals surface area contributed by atoms with Crippen molar-refractivity contribution >= 4 is 17.6 Å². The average Bonchev–Trinajstić information content (AvgIpc) is 2.71. The normalized spacial score (nSPS) is 10.4. The first kappa shape index (κ1) is 10.7. The number of hydrogen-bond acceptors (Lipinski definition) is 2. The molecule has 0 radical (unpaired) electrons. The van der Waals surface area contributed by atoms with Gasteiger partial charge in [0, 0.05) is 16.9 Å². The van der Waals surface area contributed by atoms with Crippen LogP contribution >= 0.6 is 11.6 Å². The number of aromatic carboxylic acids is 1. The fourth-order valence-electron chi connectivity index (χ4n) is 1.36. The zero-order valence-corrected chi connectivity index (χ0v) is 9.27. The summed E-state index contributed by atoms with van der Waals surface area (Å²) in [6.07, 6.45) is 2.93. The van der Waals surface area contributed by atoms with Crippen molar-refractivity contribution in [3.63, 3.8) is 0 Å². The Labute approximate surface area is 97.1 Å². The Balaban J connectivity index is 2.42. The summed E-state index contributed by atoms with van der Waals surface area (Å²) in [4.78, 5) is 14.4. The number of nitrogens with zero attached hydrogens (tertiary/aromatic N) is 2. The molecule has 0 spiro atoms. The third kappa shape index (κ3) is 1.92. The summed E-state index contributed by atoms with van der Waals surface area (Å²) in [5, 5.41) is 9.43. The van der Waals surface area contributed by atoms with Crippen LogP contribution < -0.4 is 0 Å². The van der Waals surface area contributed by atoms with Crippen LogP contribution in [-0.4, -0.2) is 20.6 Å². The number of aryl methyl sites for hydroxylation is 1. The van der Waals surface area contributed by atoms with E-state index in [4.69, 9.17) is 16.7 Å². The molecule has 1 aromatic heterocycles. The number of benzene rings is 1. The largest absolute Gasteiger partial charge is 0.476 e. The lowest BCUT2D eigenvalue weighted by Gasteiger charge is -2.04. The Hall–Kier alpha value is -1.81. The zero-order valence-electron chi connectivity index (χ0n) is 8.51. The fourth-order valence-corrected chi connectivity index (χ4v) is 1.48. The molecule has 4 nitrogen and oxygen atoms in total. The van der Waals surface area contributed by atoms with Crippen LogP contribution in [0, 0.1) is 6.92 Å². The molecule has 0 atom stereocenters. The molecule has 5 heteroatoms. The van der Waals surface area contributed by atoms with Gasteiger partial charge in [-0.05, 0) is 30.7 Å². The van der Waals surface area contributed by atoms with Crippen LogP contribution in [-0.2, 0) is 0 Å². The zero-order chi connectivity index (χ0) is 11.7. The van der Waals surface area contributed by atoms with Crippen molar-refractivity contribution in [3.8, 4) is 5.69 Å². The van der Waals surface area contributed by atoms with Crippen LogP contribution in [0.5, 0.6) is 0 Å². The number of halogens is 1. The summed E-state index contributed by atoms with van der Waals surface area (Å²) in [7, 11) is 0. The molecule has 0 aliphatic heterocycles. The van der Waals surface area contributed by atoms with Crippen LogP contribution in [0.25, 0.3) is 5.69 Å². The standard InChI is InChI=1S/C11H9ClN2O2/c1-7-4-8(2-3-9(7)12)14-5-10(11(15)16)13-6-14/h2-6H,1H3,(H,15,16). The van der Waals surface area contributed by atoms with Crippen molar-refractivity contribution < 1.29 is 9.90 Å². The first-order chi connectivity index (χ1) is 7.58. The van der Waals surface area contributed by atoms with Gasteiger partial charge in [0.25, 0.3) is 0 Å². The quantitative estimate of drug-likeness (QED) is 0.872. The third-order valence-corrected chi connectivity index (χ3v) is 2.67. The number of imidazole rings is 1. The van der Waals surface area contributed by atoms with Crippen LogP contribution in [0.3, 0.4) is 0 Å². The molecule has 0 unspecified atom stereocenters. The number of carboxylic acids is 1. The molecule has 1 aromatic carbocycles. The molecule has 0 bridgehead atoms. The number of hydrogen-bond donors (Lipinski definition) is 1. The number of rotatable bonds is 2. The highest BCUT2D eigenvalue weighted by Gasteiger charge is 2.07. The van der Waals surface area contributed by atoms with E-state index in [2.05, 4.69) is 4.98 Å². The Morgan fingerprint density at radius 1 is 1.50 bits per heavy atom. The van der Waals surface area contributed by atoms with Gasteiger partial charge in [-0.2, -0.15) is 0 Å². The molecule has 1 N–H and O–H groups in total. The van der Waals surface area contributed by atoms with E-state index in [-0.39, 0.29) is 5.69 Å². The van der Waals surface area contributed by atoms with Gasteiger partial charge in [0.15, 0.2) is 5.69 Å². The van der Waals surface area contributed by atoms with Crippen LogP contribution in [0.15, 0.2) is 30.7 Å². The first-order valence-corrected chi connectivity index (χ1v) is 4.99. The van der Waals surface area contributed by atoms with E-state index < -0.39 is 5.97 Å². The van der Waals surface area contributed by atoms with E-state index in [0.717, 1.165) is 11.3 Å². The average molecular weight is 237 g/mol. The van der Waals surface area contributed by atoms with E-state index in [9.17, 15) is 4.79 Å². The SMILES string of the molecule is Cc1cc(-n2cnc(C(=O)O)c2)ccc1Cl. The van der Waals surface area contributed by atoms with Gasteiger partial charge in [0.2, 0.25) is 0 Å². The smallest absolute Gasteiger partial charge is 0.356 e. The van der Waals surface area contributed by atoms with Crippen molar-refractivity contribution in [2.24, 2.45) is 0 Å².